The van der Waals surface area contributed by atoms with Crippen molar-refractivity contribution in [1.29, 1.82) is 0 Å². The highest BCUT2D eigenvalue weighted by Gasteiger charge is 2.19. The molecule has 0 aromatic heterocycles. The molecule has 0 spiro atoms. The van der Waals surface area contributed by atoms with Gasteiger partial charge in [0.25, 0.3) is 0 Å². The molecular formula is C32H42ClN3O2. The standard InChI is InChI=1S/C19H24N2O.C13H18ClNO/c1-3-8-17(9-4-1)15-21-12-7-13-22-19(16-21)14-20-18-10-5-2-6-11-18;14-9-13-11-15(7-4-8-16-13)10-12-5-2-1-3-6-12/h1-6,8-11,19-20H,7,12-16H2;1-3,5-6,13H,4,7-11H2. The lowest BCUT2D eigenvalue weighted by Gasteiger charge is -2.24. The average Bonchev–Trinajstić information content (AvgIpc) is 3.34. The summed E-state index contributed by atoms with van der Waals surface area (Å²) in [5.41, 5.74) is 3.89. The van der Waals surface area contributed by atoms with Crippen LogP contribution in [0.4, 0.5) is 5.69 Å². The number of hydrogen-bond donors (Lipinski definition) is 1. The number of nitrogens with one attached hydrogen (secondary N) is 1. The van der Waals surface area contributed by atoms with Crippen LogP contribution in [0.3, 0.4) is 0 Å². The van der Waals surface area contributed by atoms with Crippen LogP contribution in [0.25, 0.3) is 0 Å². The van der Waals surface area contributed by atoms with E-state index in [1.807, 2.05) is 6.07 Å². The molecule has 2 heterocycles. The zero-order valence-electron chi connectivity index (χ0n) is 22.4. The first-order valence-electron chi connectivity index (χ1n) is 13.9. The van der Waals surface area contributed by atoms with Crippen molar-refractivity contribution in [2.45, 2.75) is 38.1 Å². The van der Waals surface area contributed by atoms with Crippen LogP contribution < -0.4 is 5.32 Å². The van der Waals surface area contributed by atoms with Gasteiger partial charge in [0, 0.05) is 70.6 Å². The van der Waals surface area contributed by atoms with Crippen LogP contribution in [0.1, 0.15) is 24.0 Å². The minimum absolute atomic E-state index is 0.188. The van der Waals surface area contributed by atoms with E-state index in [0.29, 0.717) is 5.88 Å². The lowest BCUT2D eigenvalue weighted by atomic mass is 10.2. The first-order valence-corrected chi connectivity index (χ1v) is 14.4. The predicted octanol–water partition coefficient (Wildman–Crippen LogP) is 5.91. The highest BCUT2D eigenvalue weighted by molar-refractivity contribution is 6.18. The third kappa shape index (κ3) is 10.4. The van der Waals surface area contributed by atoms with Gasteiger partial charge in [-0.3, -0.25) is 9.80 Å². The number of rotatable bonds is 8. The Balaban J connectivity index is 0.000000186. The van der Waals surface area contributed by atoms with Gasteiger partial charge >= 0.3 is 0 Å². The molecule has 0 amide bonds. The molecule has 5 nitrogen and oxygen atoms in total. The Kier molecular flexibility index (Phi) is 12.4. The molecule has 2 unspecified atom stereocenters. The first-order chi connectivity index (χ1) is 18.8. The Hall–Kier alpha value is -2.41. The van der Waals surface area contributed by atoms with E-state index < -0.39 is 0 Å². The second-order valence-electron chi connectivity index (χ2n) is 10.0. The summed E-state index contributed by atoms with van der Waals surface area (Å²) in [5, 5.41) is 3.47. The molecule has 6 heteroatoms. The molecule has 0 aliphatic carbocycles. The van der Waals surface area contributed by atoms with Crippen LogP contribution in [-0.4, -0.2) is 73.8 Å². The molecule has 2 saturated heterocycles. The van der Waals surface area contributed by atoms with Crippen molar-refractivity contribution >= 4 is 17.3 Å². The van der Waals surface area contributed by atoms with Crippen LogP contribution in [0.15, 0.2) is 91.0 Å². The monoisotopic (exact) mass is 535 g/mol. The van der Waals surface area contributed by atoms with E-state index in [1.165, 1.54) is 11.1 Å². The van der Waals surface area contributed by atoms with E-state index in [0.717, 1.165) is 77.6 Å². The molecular weight excluding hydrogens is 494 g/mol. The van der Waals surface area contributed by atoms with Crippen molar-refractivity contribution < 1.29 is 9.47 Å². The van der Waals surface area contributed by atoms with Gasteiger partial charge in [-0.2, -0.15) is 0 Å². The van der Waals surface area contributed by atoms with Gasteiger partial charge < -0.3 is 14.8 Å². The van der Waals surface area contributed by atoms with E-state index in [4.69, 9.17) is 21.1 Å². The second kappa shape index (κ2) is 16.5. The van der Waals surface area contributed by atoms with Gasteiger partial charge in [0.2, 0.25) is 0 Å². The summed E-state index contributed by atoms with van der Waals surface area (Å²) >= 11 is 5.87. The average molecular weight is 536 g/mol. The molecule has 2 aliphatic rings. The minimum atomic E-state index is 0.188. The Morgan fingerprint density at radius 2 is 1.13 bits per heavy atom. The third-order valence-electron chi connectivity index (χ3n) is 6.85. The summed E-state index contributed by atoms with van der Waals surface area (Å²) in [6.45, 7) is 8.68. The third-order valence-corrected chi connectivity index (χ3v) is 7.19. The van der Waals surface area contributed by atoms with Gasteiger partial charge in [-0.15, -0.1) is 11.6 Å². The molecule has 0 radical (unpaired) electrons. The number of ether oxygens (including phenoxy) is 2. The van der Waals surface area contributed by atoms with Gasteiger partial charge in [-0.25, -0.2) is 0 Å². The summed E-state index contributed by atoms with van der Waals surface area (Å²) < 4.78 is 11.6. The molecule has 3 aromatic rings. The highest BCUT2D eigenvalue weighted by Crippen LogP contribution is 2.13. The summed E-state index contributed by atoms with van der Waals surface area (Å²) in [4.78, 5) is 4.93. The van der Waals surface area contributed by atoms with Gasteiger partial charge in [-0.1, -0.05) is 78.9 Å². The van der Waals surface area contributed by atoms with Crippen molar-refractivity contribution in [3.63, 3.8) is 0 Å². The Morgan fingerprint density at radius 3 is 1.66 bits per heavy atom. The highest BCUT2D eigenvalue weighted by atomic mass is 35.5. The zero-order chi connectivity index (χ0) is 26.3. The smallest absolute Gasteiger partial charge is 0.0874 e. The summed E-state index contributed by atoms with van der Waals surface area (Å²) in [6.07, 6.45) is 2.63. The van der Waals surface area contributed by atoms with E-state index in [2.05, 4.69) is 100 Å². The van der Waals surface area contributed by atoms with Crippen LogP contribution >= 0.6 is 11.6 Å². The summed E-state index contributed by atoms with van der Waals surface area (Å²) in [5.74, 6) is 0.589. The van der Waals surface area contributed by atoms with Crippen LogP contribution in [0.2, 0.25) is 0 Å². The van der Waals surface area contributed by atoms with Crippen LogP contribution in [-0.2, 0) is 22.6 Å². The maximum absolute atomic E-state index is 5.99. The van der Waals surface area contributed by atoms with Gasteiger partial charge in [0.05, 0.1) is 12.2 Å². The predicted molar refractivity (Wildman–Crippen MR) is 158 cm³/mol. The SMILES string of the molecule is ClCC1CN(Cc2ccccc2)CCCO1.c1ccc(CN2CCCOC(CNc3ccccc3)C2)cc1. The fraction of sp³-hybridized carbons (Fsp3) is 0.438. The van der Waals surface area contributed by atoms with E-state index >= 15 is 0 Å². The topological polar surface area (TPSA) is 37.0 Å². The molecule has 5 rings (SSSR count). The van der Waals surface area contributed by atoms with Crippen LogP contribution in [0.5, 0.6) is 0 Å². The van der Waals surface area contributed by atoms with Gasteiger partial charge in [-0.05, 0) is 36.1 Å². The number of para-hydroxylation sites is 1. The molecule has 1 N–H and O–H groups in total. The molecule has 2 fully saturated rings. The van der Waals surface area contributed by atoms with Crippen molar-refractivity contribution in [2.75, 3.05) is 57.1 Å². The largest absolute Gasteiger partial charge is 0.382 e. The summed E-state index contributed by atoms with van der Waals surface area (Å²) in [7, 11) is 0. The number of benzene rings is 3. The van der Waals surface area contributed by atoms with Crippen molar-refractivity contribution in [1.82, 2.24) is 9.80 Å². The molecule has 0 saturated carbocycles. The Labute approximate surface area is 233 Å². The number of nitrogens with zero attached hydrogens (tertiary/aromatic N) is 2. The lowest BCUT2D eigenvalue weighted by molar-refractivity contribution is 0.0625. The molecule has 204 valence electrons. The number of anilines is 1. The second-order valence-corrected chi connectivity index (χ2v) is 10.3. The van der Waals surface area contributed by atoms with Crippen molar-refractivity contribution in [2.24, 2.45) is 0 Å². The fourth-order valence-electron chi connectivity index (χ4n) is 4.92. The van der Waals surface area contributed by atoms with E-state index in [1.54, 1.807) is 0 Å². The lowest BCUT2D eigenvalue weighted by Crippen LogP contribution is -2.35. The molecule has 2 atom stereocenters. The quantitative estimate of drug-likeness (QED) is 0.363. The van der Waals surface area contributed by atoms with Gasteiger partial charge in [0.1, 0.15) is 0 Å². The van der Waals surface area contributed by atoms with E-state index in [9.17, 15) is 0 Å². The van der Waals surface area contributed by atoms with Crippen molar-refractivity contribution in [3.05, 3.63) is 102 Å². The maximum atomic E-state index is 5.99. The maximum Gasteiger partial charge on any atom is 0.0874 e. The number of alkyl halides is 1. The zero-order valence-corrected chi connectivity index (χ0v) is 23.1. The Morgan fingerprint density at radius 1 is 0.658 bits per heavy atom. The normalized spacial score (nSPS) is 21.0. The molecule has 38 heavy (non-hydrogen) atoms. The number of hydrogen-bond acceptors (Lipinski definition) is 5. The summed E-state index contributed by atoms with van der Waals surface area (Å²) in [6, 6.07) is 31.6. The number of halogens is 1. The van der Waals surface area contributed by atoms with Crippen molar-refractivity contribution in [3.8, 4) is 0 Å². The van der Waals surface area contributed by atoms with E-state index in [-0.39, 0.29) is 12.2 Å². The minimum Gasteiger partial charge on any atom is -0.382 e. The molecule has 3 aromatic carbocycles. The van der Waals surface area contributed by atoms with Gasteiger partial charge in [0.15, 0.2) is 0 Å². The fourth-order valence-corrected chi connectivity index (χ4v) is 5.10. The van der Waals surface area contributed by atoms with Crippen LogP contribution in [0, 0.1) is 0 Å². The first kappa shape index (κ1) is 28.6. The Bertz CT molecular complexity index is 1010. The molecule has 0 bridgehead atoms. The molecule has 2 aliphatic heterocycles.